The van der Waals surface area contributed by atoms with Gasteiger partial charge in [-0.1, -0.05) is 27.5 Å². The van der Waals surface area contributed by atoms with Gasteiger partial charge >= 0.3 is 0 Å². The lowest BCUT2D eigenvalue weighted by Crippen LogP contribution is -2.13. The average Bonchev–Trinajstić information content (AvgIpc) is 2.42. The molecule has 3 nitrogen and oxygen atoms in total. The zero-order valence-electron chi connectivity index (χ0n) is 11.3. The van der Waals surface area contributed by atoms with E-state index in [1.54, 1.807) is 18.2 Å². The lowest BCUT2D eigenvalue weighted by atomic mass is 10.1. The van der Waals surface area contributed by atoms with Crippen LogP contribution in [-0.4, -0.2) is 13.0 Å². The number of rotatable bonds is 3. The van der Waals surface area contributed by atoms with Crippen LogP contribution in [0.3, 0.4) is 0 Å². The second kappa shape index (κ2) is 6.81. The first-order valence-corrected chi connectivity index (χ1v) is 7.99. The topological polar surface area (TPSA) is 38.3 Å². The number of anilines is 1. The molecular formula is C15H12Br2ClNO2. The van der Waals surface area contributed by atoms with Crippen molar-refractivity contribution in [2.75, 3.05) is 12.4 Å². The van der Waals surface area contributed by atoms with E-state index in [1.807, 2.05) is 19.1 Å². The molecule has 2 rings (SSSR count). The number of ether oxygens (including phenoxy) is 1. The van der Waals surface area contributed by atoms with E-state index < -0.39 is 0 Å². The van der Waals surface area contributed by atoms with Gasteiger partial charge in [-0.25, -0.2) is 0 Å². The zero-order valence-corrected chi connectivity index (χ0v) is 15.3. The molecule has 0 saturated carbocycles. The number of carbonyl (C=O) groups excluding carboxylic acids is 1. The molecule has 0 aliphatic heterocycles. The van der Waals surface area contributed by atoms with Gasteiger partial charge in [0.25, 0.3) is 5.91 Å². The molecule has 0 aliphatic rings. The summed E-state index contributed by atoms with van der Waals surface area (Å²) in [6.07, 6.45) is 0. The molecule has 0 radical (unpaired) electrons. The van der Waals surface area contributed by atoms with Crippen LogP contribution < -0.4 is 10.1 Å². The Morgan fingerprint density at radius 2 is 1.95 bits per heavy atom. The third-order valence-corrected chi connectivity index (χ3v) is 4.46. The summed E-state index contributed by atoms with van der Waals surface area (Å²) in [4.78, 5) is 12.4. The number of carbonyl (C=O) groups is 1. The van der Waals surface area contributed by atoms with Gasteiger partial charge in [0.15, 0.2) is 0 Å². The largest absolute Gasteiger partial charge is 0.495 e. The van der Waals surface area contributed by atoms with E-state index >= 15 is 0 Å². The summed E-state index contributed by atoms with van der Waals surface area (Å²) in [5.74, 6) is 0.293. The van der Waals surface area contributed by atoms with Gasteiger partial charge in [0.2, 0.25) is 0 Å². The van der Waals surface area contributed by atoms with Crippen LogP contribution >= 0.6 is 43.5 Å². The Morgan fingerprint density at radius 3 is 2.57 bits per heavy atom. The molecule has 110 valence electrons. The second-order valence-corrected chi connectivity index (χ2v) is 6.56. The lowest BCUT2D eigenvalue weighted by Gasteiger charge is -2.13. The van der Waals surface area contributed by atoms with Crippen molar-refractivity contribution >= 4 is 55.1 Å². The zero-order chi connectivity index (χ0) is 15.6. The molecule has 0 aliphatic carbocycles. The summed E-state index contributed by atoms with van der Waals surface area (Å²) >= 11 is 12.8. The van der Waals surface area contributed by atoms with Crippen LogP contribution in [0.15, 0.2) is 39.3 Å². The van der Waals surface area contributed by atoms with E-state index in [2.05, 4.69) is 37.2 Å². The van der Waals surface area contributed by atoms with E-state index in [-0.39, 0.29) is 5.91 Å². The number of amides is 1. The molecule has 2 aromatic rings. The minimum Gasteiger partial charge on any atom is -0.495 e. The minimum atomic E-state index is -0.227. The first-order valence-electron chi connectivity index (χ1n) is 6.03. The molecule has 0 fully saturated rings. The molecule has 1 N–H and O–H groups in total. The maximum absolute atomic E-state index is 12.4. The number of nitrogens with one attached hydrogen (secondary N) is 1. The molecule has 0 atom stereocenters. The first-order chi connectivity index (χ1) is 9.92. The van der Waals surface area contributed by atoms with E-state index in [0.717, 1.165) is 10.0 Å². The molecule has 2 aromatic carbocycles. The number of aryl methyl sites for hydroxylation is 1. The quantitative estimate of drug-likeness (QED) is 0.701. The van der Waals surface area contributed by atoms with Crippen molar-refractivity contribution in [1.29, 1.82) is 0 Å². The minimum absolute atomic E-state index is 0.227. The van der Waals surface area contributed by atoms with Gasteiger partial charge in [-0.3, -0.25) is 4.79 Å². The molecule has 6 heteroatoms. The van der Waals surface area contributed by atoms with Gasteiger partial charge < -0.3 is 10.1 Å². The van der Waals surface area contributed by atoms with Gasteiger partial charge in [-0.05, 0) is 52.7 Å². The fourth-order valence-electron chi connectivity index (χ4n) is 1.79. The van der Waals surface area contributed by atoms with Crippen molar-refractivity contribution in [3.05, 3.63) is 55.4 Å². The molecule has 0 unspecified atom stereocenters. The summed E-state index contributed by atoms with van der Waals surface area (Å²) in [7, 11) is 1.53. The third-order valence-electron chi connectivity index (χ3n) is 2.90. The van der Waals surface area contributed by atoms with Crippen LogP contribution in [0.25, 0.3) is 0 Å². The molecule has 0 heterocycles. The predicted octanol–water partition coefficient (Wildman–Crippen LogP) is 5.43. The van der Waals surface area contributed by atoms with Crippen molar-refractivity contribution in [1.82, 2.24) is 0 Å². The summed E-state index contributed by atoms with van der Waals surface area (Å²) in [5.41, 5.74) is 1.98. The maximum atomic E-state index is 12.4. The Hall–Kier alpha value is -1.04. The van der Waals surface area contributed by atoms with E-state index in [0.29, 0.717) is 26.5 Å². The highest BCUT2D eigenvalue weighted by atomic mass is 79.9. The summed E-state index contributed by atoms with van der Waals surface area (Å²) < 4.78 is 6.85. The smallest absolute Gasteiger partial charge is 0.256 e. The Kier molecular flexibility index (Phi) is 5.30. The fourth-order valence-corrected chi connectivity index (χ4v) is 3.17. The first kappa shape index (κ1) is 16.3. The van der Waals surface area contributed by atoms with Gasteiger partial charge in [-0.2, -0.15) is 0 Å². The highest BCUT2D eigenvalue weighted by Gasteiger charge is 2.14. The van der Waals surface area contributed by atoms with E-state index in [1.165, 1.54) is 7.11 Å². The Balaban J connectivity index is 2.33. The third kappa shape index (κ3) is 3.78. The molecule has 21 heavy (non-hydrogen) atoms. The molecule has 1 amide bonds. The molecular weight excluding hydrogens is 421 g/mol. The maximum Gasteiger partial charge on any atom is 0.256 e. The molecule has 0 aromatic heterocycles. The average molecular weight is 434 g/mol. The predicted molar refractivity (Wildman–Crippen MR) is 92.5 cm³/mol. The van der Waals surface area contributed by atoms with Crippen molar-refractivity contribution in [2.45, 2.75) is 6.92 Å². The molecule has 0 spiro atoms. The fraction of sp³-hybridized carbons (Fsp3) is 0.133. The monoisotopic (exact) mass is 431 g/mol. The SMILES string of the molecule is COc1cc(Cl)c(C)cc1NC(=O)c1ccc(Br)cc1Br. The van der Waals surface area contributed by atoms with Gasteiger partial charge in [-0.15, -0.1) is 0 Å². The van der Waals surface area contributed by atoms with Crippen LogP contribution in [0.1, 0.15) is 15.9 Å². The number of halogens is 3. The summed E-state index contributed by atoms with van der Waals surface area (Å²) in [6, 6.07) is 8.83. The normalized spacial score (nSPS) is 10.3. The number of methoxy groups -OCH3 is 1. The Bertz CT molecular complexity index is 704. The summed E-state index contributed by atoms with van der Waals surface area (Å²) in [5, 5.41) is 3.43. The lowest BCUT2D eigenvalue weighted by molar-refractivity contribution is 0.102. The van der Waals surface area contributed by atoms with Crippen LogP contribution in [0.5, 0.6) is 5.75 Å². The number of benzene rings is 2. The van der Waals surface area contributed by atoms with Crippen LogP contribution in [-0.2, 0) is 0 Å². The number of hydrogen-bond acceptors (Lipinski definition) is 2. The van der Waals surface area contributed by atoms with Gasteiger partial charge in [0.05, 0.1) is 18.4 Å². The second-order valence-electron chi connectivity index (χ2n) is 4.38. The Labute approximate surface area is 144 Å². The van der Waals surface area contributed by atoms with Crippen molar-refractivity contribution in [3.8, 4) is 5.75 Å². The van der Waals surface area contributed by atoms with Crippen LogP contribution in [0.2, 0.25) is 5.02 Å². The van der Waals surface area contributed by atoms with E-state index in [9.17, 15) is 4.79 Å². The highest BCUT2D eigenvalue weighted by Crippen LogP contribution is 2.32. The number of hydrogen-bond donors (Lipinski definition) is 1. The molecule has 0 saturated heterocycles. The highest BCUT2D eigenvalue weighted by molar-refractivity contribution is 9.11. The van der Waals surface area contributed by atoms with Gasteiger partial charge in [0.1, 0.15) is 5.75 Å². The van der Waals surface area contributed by atoms with Crippen molar-refractivity contribution in [2.24, 2.45) is 0 Å². The van der Waals surface area contributed by atoms with E-state index in [4.69, 9.17) is 16.3 Å². The summed E-state index contributed by atoms with van der Waals surface area (Å²) in [6.45, 7) is 1.87. The molecule has 0 bridgehead atoms. The van der Waals surface area contributed by atoms with Crippen molar-refractivity contribution in [3.63, 3.8) is 0 Å². The van der Waals surface area contributed by atoms with Crippen LogP contribution in [0.4, 0.5) is 5.69 Å². The Morgan fingerprint density at radius 1 is 1.24 bits per heavy atom. The van der Waals surface area contributed by atoms with Crippen LogP contribution in [0, 0.1) is 6.92 Å². The van der Waals surface area contributed by atoms with Crippen molar-refractivity contribution < 1.29 is 9.53 Å². The standard InChI is InChI=1S/C15H12Br2ClNO2/c1-8-5-13(14(21-2)7-12(8)18)19-15(20)10-4-3-9(16)6-11(10)17/h3-7H,1-2H3,(H,19,20). The van der Waals surface area contributed by atoms with Gasteiger partial charge in [0, 0.05) is 20.0 Å².